The van der Waals surface area contributed by atoms with Crippen LogP contribution in [0.2, 0.25) is 0 Å². The number of piperidine rings is 1. The lowest BCUT2D eigenvalue weighted by Gasteiger charge is -2.31. The minimum absolute atomic E-state index is 0.00120. The molecule has 5 rings (SSSR count). The number of likely N-dealkylation sites (tertiary alicyclic amines) is 1. The van der Waals surface area contributed by atoms with E-state index in [0.29, 0.717) is 19.0 Å². The molecule has 3 aliphatic rings. The standard InChI is InChI=1S/C23H24N2O2/c26-22(15-9-11-25(12-10-15)23(27)16-5-6-16)24-19-7-8-21-18(14-19)13-17-3-1-2-4-20(17)21/h1-4,7-8,14-16H,5-6,9-13H2,(H,24,26). The van der Waals surface area contributed by atoms with Crippen molar-refractivity contribution in [2.75, 3.05) is 18.4 Å². The Hall–Kier alpha value is -2.62. The molecule has 27 heavy (non-hydrogen) atoms. The molecule has 0 atom stereocenters. The average Bonchev–Trinajstić information content (AvgIpc) is 3.48. The summed E-state index contributed by atoms with van der Waals surface area (Å²) in [6.45, 7) is 1.43. The van der Waals surface area contributed by atoms with Crippen LogP contribution in [0.5, 0.6) is 0 Å². The Kier molecular flexibility index (Phi) is 4.00. The van der Waals surface area contributed by atoms with Crippen LogP contribution in [-0.4, -0.2) is 29.8 Å². The molecule has 2 aromatic carbocycles. The van der Waals surface area contributed by atoms with E-state index in [1.54, 1.807) is 0 Å². The molecular formula is C23H24N2O2. The fourth-order valence-electron chi connectivity index (χ4n) is 4.42. The van der Waals surface area contributed by atoms with Gasteiger partial charge in [-0.3, -0.25) is 9.59 Å². The van der Waals surface area contributed by atoms with Crippen LogP contribution in [0, 0.1) is 11.8 Å². The van der Waals surface area contributed by atoms with Crippen molar-refractivity contribution in [2.24, 2.45) is 11.8 Å². The van der Waals surface area contributed by atoms with Crippen molar-refractivity contribution < 1.29 is 9.59 Å². The highest BCUT2D eigenvalue weighted by Gasteiger charge is 2.36. The van der Waals surface area contributed by atoms with Gasteiger partial charge in [0.2, 0.25) is 11.8 Å². The number of nitrogens with zero attached hydrogens (tertiary/aromatic N) is 1. The molecule has 2 amide bonds. The second-order valence-electron chi connectivity index (χ2n) is 8.07. The number of hydrogen-bond donors (Lipinski definition) is 1. The van der Waals surface area contributed by atoms with Crippen LogP contribution < -0.4 is 5.32 Å². The summed E-state index contributed by atoms with van der Waals surface area (Å²) in [4.78, 5) is 26.8. The first-order valence-corrected chi connectivity index (χ1v) is 10.00. The maximum Gasteiger partial charge on any atom is 0.227 e. The first-order chi connectivity index (χ1) is 13.2. The van der Waals surface area contributed by atoms with Gasteiger partial charge in [0.15, 0.2) is 0 Å². The summed E-state index contributed by atoms with van der Waals surface area (Å²) in [6.07, 6.45) is 4.54. The van der Waals surface area contributed by atoms with Crippen LogP contribution in [0.4, 0.5) is 5.69 Å². The number of anilines is 1. The normalized spacial score (nSPS) is 18.7. The van der Waals surface area contributed by atoms with E-state index in [0.717, 1.165) is 37.8 Å². The van der Waals surface area contributed by atoms with Crippen molar-refractivity contribution in [3.05, 3.63) is 53.6 Å². The van der Waals surface area contributed by atoms with Gasteiger partial charge in [0.25, 0.3) is 0 Å². The summed E-state index contributed by atoms with van der Waals surface area (Å²) in [5.74, 6) is 0.653. The number of nitrogens with one attached hydrogen (secondary N) is 1. The van der Waals surface area contributed by atoms with Crippen molar-refractivity contribution >= 4 is 17.5 Å². The molecule has 0 bridgehead atoms. The number of rotatable bonds is 3. The Balaban J connectivity index is 1.22. The largest absolute Gasteiger partial charge is 0.342 e. The van der Waals surface area contributed by atoms with E-state index >= 15 is 0 Å². The fraction of sp³-hybridized carbons (Fsp3) is 0.391. The molecular weight excluding hydrogens is 336 g/mol. The van der Waals surface area contributed by atoms with Crippen molar-refractivity contribution in [2.45, 2.75) is 32.1 Å². The highest BCUT2D eigenvalue weighted by molar-refractivity contribution is 5.93. The molecule has 0 unspecified atom stereocenters. The zero-order valence-corrected chi connectivity index (χ0v) is 15.4. The zero-order valence-electron chi connectivity index (χ0n) is 15.4. The monoisotopic (exact) mass is 360 g/mol. The Labute approximate surface area is 159 Å². The summed E-state index contributed by atoms with van der Waals surface area (Å²) in [5, 5.41) is 3.10. The van der Waals surface area contributed by atoms with Gasteiger partial charge < -0.3 is 10.2 Å². The van der Waals surface area contributed by atoms with Crippen molar-refractivity contribution in [1.29, 1.82) is 0 Å². The Morgan fingerprint density at radius 2 is 1.59 bits per heavy atom. The molecule has 1 aliphatic heterocycles. The van der Waals surface area contributed by atoms with Crippen molar-refractivity contribution in [3.63, 3.8) is 0 Å². The first-order valence-electron chi connectivity index (χ1n) is 10.00. The first kappa shape index (κ1) is 16.5. The molecule has 2 aromatic rings. The average molecular weight is 360 g/mol. The smallest absolute Gasteiger partial charge is 0.227 e. The summed E-state index contributed by atoms with van der Waals surface area (Å²) < 4.78 is 0. The number of hydrogen-bond acceptors (Lipinski definition) is 2. The SMILES string of the molecule is O=C(Nc1ccc2c(c1)Cc1ccccc1-2)C1CCN(C(=O)C2CC2)CC1. The lowest BCUT2D eigenvalue weighted by Crippen LogP contribution is -2.42. The van der Waals surface area contributed by atoms with E-state index < -0.39 is 0 Å². The molecule has 2 fully saturated rings. The number of amides is 2. The van der Waals surface area contributed by atoms with Gasteiger partial charge in [-0.25, -0.2) is 0 Å². The van der Waals surface area contributed by atoms with Gasteiger partial charge >= 0.3 is 0 Å². The van der Waals surface area contributed by atoms with E-state index in [-0.39, 0.29) is 17.7 Å². The highest BCUT2D eigenvalue weighted by atomic mass is 16.2. The van der Waals surface area contributed by atoms with E-state index in [4.69, 9.17) is 0 Å². The quantitative estimate of drug-likeness (QED) is 0.771. The van der Waals surface area contributed by atoms with Crippen molar-refractivity contribution in [3.8, 4) is 11.1 Å². The molecule has 138 valence electrons. The molecule has 4 heteroatoms. The molecule has 4 nitrogen and oxygen atoms in total. The van der Waals surface area contributed by atoms with Gasteiger partial charge in [0.1, 0.15) is 0 Å². The van der Waals surface area contributed by atoms with Gasteiger partial charge in [0, 0.05) is 30.6 Å². The van der Waals surface area contributed by atoms with Crippen molar-refractivity contribution in [1.82, 2.24) is 4.90 Å². The lowest BCUT2D eigenvalue weighted by molar-refractivity contribution is -0.135. The van der Waals surface area contributed by atoms with Gasteiger partial charge in [-0.1, -0.05) is 30.3 Å². The Bertz CT molecular complexity index is 908. The van der Waals surface area contributed by atoms with Gasteiger partial charge in [-0.05, 0) is 66.5 Å². The van der Waals surface area contributed by atoms with Crippen LogP contribution in [0.15, 0.2) is 42.5 Å². The molecule has 1 saturated heterocycles. The fourth-order valence-corrected chi connectivity index (χ4v) is 4.42. The predicted molar refractivity (Wildman–Crippen MR) is 105 cm³/mol. The molecule has 1 heterocycles. The van der Waals surface area contributed by atoms with Crippen LogP contribution >= 0.6 is 0 Å². The maximum atomic E-state index is 12.7. The van der Waals surface area contributed by atoms with E-state index in [1.807, 2.05) is 11.0 Å². The number of fused-ring (bicyclic) bond motifs is 3. The van der Waals surface area contributed by atoms with Gasteiger partial charge in [0.05, 0.1) is 0 Å². The summed E-state index contributed by atoms with van der Waals surface area (Å²) in [7, 11) is 0. The molecule has 1 N–H and O–H groups in total. The Morgan fingerprint density at radius 3 is 2.37 bits per heavy atom. The van der Waals surface area contributed by atoms with E-state index in [1.165, 1.54) is 22.3 Å². The predicted octanol–water partition coefficient (Wildman–Crippen LogP) is 3.84. The number of benzene rings is 2. The second kappa shape index (κ2) is 6.52. The molecule has 0 radical (unpaired) electrons. The molecule has 0 spiro atoms. The summed E-state index contributed by atoms with van der Waals surface area (Å²) in [5.41, 5.74) is 6.08. The third-order valence-electron chi connectivity index (χ3n) is 6.17. The highest BCUT2D eigenvalue weighted by Crippen LogP contribution is 2.38. The molecule has 2 aliphatic carbocycles. The minimum Gasteiger partial charge on any atom is -0.342 e. The van der Waals surface area contributed by atoms with Gasteiger partial charge in [-0.2, -0.15) is 0 Å². The second-order valence-corrected chi connectivity index (χ2v) is 8.07. The third kappa shape index (κ3) is 3.14. The Morgan fingerprint density at radius 1 is 0.852 bits per heavy atom. The maximum absolute atomic E-state index is 12.7. The number of carbonyl (C=O) groups is 2. The topological polar surface area (TPSA) is 49.4 Å². The number of carbonyl (C=O) groups excluding carboxylic acids is 2. The summed E-state index contributed by atoms with van der Waals surface area (Å²) >= 11 is 0. The minimum atomic E-state index is -0.00120. The lowest BCUT2D eigenvalue weighted by atomic mass is 9.95. The van der Waals surface area contributed by atoms with E-state index in [9.17, 15) is 9.59 Å². The molecule has 0 aromatic heterocycles. The van der Waals surface area contributed by atoms with Gasteiger partial charge in [-0.15, -0.1) is 0 Å². The van der Waals surface area contributed by atoms with Crippen LogP contribution in [0.25, 0.3) is 11.1 Å². The molecule has 1 saturated carbocycles. The summed E-state index contributed by atoms with van der Waals surface area (Å²) in [6, 6.07) is 14.7. The van der Waals surface area contributed by atoms with Crippen LogP contribution in [0.3, 0.4) is 0 Å². The van der Waals surface area contributed by atoms with Crippen LogP contribution in [-0.2, 0) is 16.0 Å². The zero-order chi connectivity index (χ0) is 18.4. The third-order valence-corrected chi connectivity index (χ3v) is 6.17. The van der Waals surface area contributed by atoms with E-state index in [2.05, 4.69) is 41.7 Å². The van der Waals surface area contributed by atoms with Crippen LogP contribution in [0.1, 0.15) is 36.8 Å².